The number of hydrogen-bond donors (Lipinski definition) is 1. The molecular formula is C18H12BrF2N3O3. The molecule has 1 N–H and O–H groups in total. The van der Waals surface area contributed by atoms with Crippen LogP contribution in [-0.2, 0) is 4.79 Å². The lowest BCUT2D eigenvalue weighted by atomic mass is 10.2. The summed E-state index contributed by atoms with van der Waals surface area (Å²) in [5, 5.41) is 10.0. The number of aromatic nitrogens is 2. The van der Waals surface area contributed by atoms with Crippen LogP contribution < -0.4 is 10.1 Å². The first-order valence-electron chi connectivity index (χ1n) is 7.63. The van der Waals surface area contributed by atoms with E-state index in [4.69, 9.17) is 4.42 Å². The van der Waals surface area contributed by atoms with E-state index in [9.17, 15) is 13.6 Å². The Bertz CT molecular complexity index is 961. The number of alkyl halides is 2. The van der Waals surface area contributed by atoms with Gasteiger partial charge < -0.3 is 9.15 Å². The largest absolute Gasteiger partial charge is 0.434 e. The molecule has 1 amide bonds. The van der Waals surface area contributed by atoms with Gasteiger partial charge in [0, 0.05) is 21.7 Å². The minimum absolute atomic E-state index is 0.0543. The van der Waals surface area contributed by atoms with Crippen LogP contribution in [0.3, 0.4) is 0 Å². The molecule has 0 saturated heterocycles. The molecule has 27 heavy (non-hydrogen) atoms. The molecule has 0 bridgehead atoms. The topological polar surface area (TPSA) is 77.2 Å². The van der Waals surface area contributed by atoms with Crippen molar-refractivity contribution in [3.63, 3.8) is 0 Å². The summed E-state index contributed by atoms with van der Waals surface area (Å²) in [5.74, 6) is -0.364. The fourth-order valence-corrected chi connectivity index (χ4v) is 2.52. The van der Waals surface area contributed by atoms with Crippen molar-refractivity contribution < 1.29 is 22.7 Å². The quantitative estimate of drug-likeness (QED) is 0.565. The summed E-state index contributed by atoms with van der Waals surface area (Å²) in [6.45, 7) is -2.97. The van der Waals surface area contributed by atoms with E-state index in [2.05, 4.69) is 36.2 Å². The number of nitrogens with one attached hydrogen (secondary N) is 1. The highest BCUT2D eigenvalue weighted by molar-refractivity contribution is 9.10. The van der Waals surface area contributed by atoms with E-state index >= 15 is 0 Å². The lowest BCUT2D eigenvalue weighted by Crippen LogP contribution is -2.08. The van der Waals surface area contributed by atoms with Crippen molar-refractivity contribution in [2.75, 3.05) is 5.32 Å². The molecule has 0 fully saturated rings. The summed E-state index contributed by atoms with van der Waals surface area (Å²) in [4.78, 5) is 12.0. The van der Waals surface area contributed by atoms with Crippen molar-refractivity contribution in [3.8, 4) is 17.2 Å². The molecule has 0 aliphatic rings. The van der Waals surface area contributed by atoms with Gasteiger partial charge >= 0.3 is 12.6 Å². The molecule has 0 aliphatic carbocycles. The Morgan fingerprint density at radius 2 is 1.96 bits per heavy atom. The fourth-order valence-electron chi connectivity index (χ4n) is 2.14. The van der Waals surface area contributed by atoms with Gasteiger partial charge in [0.2, 0.25) is 5.89 Å². The molecule has 9 heteroatoms. The number of anilines is 1. The molecule has 1 heterocycles. The maximum atomic E-state index is 12.5. The van der Waals surface area contributed by atoms with Crippen LogP contribution >= 0.6 is 15.9 Å². The van der Waals surface area contributed by atoms with Crippen molar-refractivity contribution in [1.29, 1.82) is 0 Å². The van der Waals surface area contributed by atoms with Crippen LogP contribution in [0.5, 0.6) is 5.75 Å². The molecule has 138 valence electrons. The van der Waals surface area contributed by atoms with Gasteiger partial charge in [-0.1, -0.05) is 39.2 Å². The fraction of sp³-hybridized carbons (Fsp3) is 0.0556. The van der Waals surface area contributed by atoms with Crippen molar-refractivity contribution in [2.45, 2.75) is 6.61 Å². The first kappa shape index (κ1) is 18.7. The van der Waals surface area contributed by atoms with Gasteiger partial charge in [-0.2, -0.15) is 8.78 Å². The second kappa shape index (κ2) is 8.54. The first-order chi connectivity index (χ1) is 13.0. The van der Waals surface area contributed by atoms with Crippen molar-refractivity contribution in [3.05, 3.63) is 64.6 Å². The van der Waals surface area contributed by atoms with Gasteiger partial charge in [-0.15, -0.1) is 5.10 Å². The number of nitrogens with zero attached hydrogens (tertiary/aromatic N) is 2. The van der Waals surface area contributed by atoms with Crippen LogP contribution in [0.4, 0.5) is 14.8 Å². The molecule has 0 radical (unpaired) electrons. The van der Waals surface area contributed by atoms with Gasteiger partial charge in [0.25, 0.3) is 5.91 Å². The van der Waals surface area contributed by atoms with Crippen LogP contribution in [-0.4, -0.2) is 22.7 Å². The second-order valence-corrected chi connectivity index (χ2v) is 6.08. The molecule has 3 aromatic rings. The van der Waals surface area contributed by atoms with Crippen LogP contribution in [0.1, 0.15) is 5.56 Å². The van der Waals surface area contributed by atoms with Gasteiger partial charge in [-0.3, -0.25) is 10.1 Å². The number of hydrogen-bond acceptors (Lipinski definition) is 5. The third-order valence-electron chi connectivity index (χ3n) is 3.28. The lowest BCUT2D eigenvalue weighted by Gasteiger charge is -2.08. The maximum absolute atomic E-state index is 12.5. The van der Waals surface area contributed by atoms with E-state index in [0.29, 0.717) is 15.6 Å². The number of carbonyl (C=O) groups excluding carboxylic acids is 1. The zero-order valence-electron chi connectivity index (χ0n) is 13.6. The van der Waals surface area contributed by atoms with E-state index in [-0.39, 0.29) is 17.7 Å². The number of halogens is 3. The summed E-state index contributed by atoms with van der Waals surface area (Å²) in [6.07, 6.45) is 2.48. The summed E-state index contributed by atoms with van der Waals surface area (Å²) in [7, 11) is 0. The normalized spacial score (nSPS) is 11.1. The molecule has 0 atom stereocenters. The van der Waals surface area contributed by atoms with Crippen LogP contribution in [0, 0.1) is 0 Å². The third kappa shape index (κ3) is 5.20. The van der Waals surface area contributed by atoms with Gasteiger partial charge in [0.15, 0.2) is 0 Å². The Hall–Kier alpha value is -3.07. The highest BCUT2D eigenvalue weighted by atomic mass is 79.9. The van der Waals surface area contributed by atoms with Crippen molar-refractivity contribution in [2.24, 2.45) is 0 Å². The number of carbonyl (C=O) groups is 1. The molecule has 1 aromatic heterocycles. The minimum atomic E-state index is -2.97. The average Bonchev–Trinajstić information content (AvgIpc) is 3.11. The zero-order valence-corrected chi connectivity index (χ0v) is 15.2. The zero-order chi connectivity index (χ0) is 19.2. The Balaban J connectivity index is 1.69. The Kier molecular flexibility index (Phi) is 5.92. The minimum Gasteiger partial charge on any atom is -0.434 e. The predicted molar refractivity (Wildman–Crippen MR) is 98.2 cm³/mol. The molecule has 2 aromatic carbocycles. The predicted octanol–water partition coefficient (Wildman–Crippen LogP) is 4.75. The highest BCUT2D eigenvalue weighted by Crippen LogP contribution is 2.26. The van der Waals surface area contributed by atoms with Crippen molar-refractivity contribution in [1.82, 2.24) is 10.2 Å². The van der Waals surface area contributed by atoms with E-state index < -0.39 is 12.5 Å². The Morgan fingerprint density at radius 1 is 1.19 bits per heavy atom. The highest BCUT2D eigenvalue weighted by Gasteiger charge is 2.11. The van der Waals surface area contributed by atoms with Crippen molar-refractivity contribution >= 4 is 33.9 Å². The van der Waals surface area contributed by atoms with E-state index in [1.165, 1.54) is 12.1 Å². The summed E-state index contributed by atoms with van der Waals surface area (Å²) in [6, 6.07) is 13.4. The van der Waals surface area contributed by atoms with Crippen LogP contribution in [0.25, 0.3) is 17.5 Å². The SMILES string of the molecule is O=C(/C=C/c1cc(Br)ccc1OC(F)F)Nc1nnc(-c2ccccc2)o1. The maximum Gasteiger partial charge on any atom is 0.387 e. The monoisotopic (exact) mass is 435 g/mol. The summed E-state index contributed by atoms with van der Waals surface area (Å²) < 4.78 is 35.4. The Morgan fingerprint density at radius 3 is 2.70 bits per heavy atom. The number of ether oxygens (including phenoxy) is 1. The lowest BCUT2D eigenvalue weighted by molar-refractivity contribution is -0.112. The molecular weight excluding hydrogens is 424 g/mol. The average molecular weight is 436 g/mol. The van der Waals surface area contributed by atoms with E-state index in [1.54, 1.807) is 24.3 Å². The van der Waals surface area contributed by atoms with E-state index in [0.717, 1.165) is 6.08 Å². The second-order valence-electron chi connectivity index (χ2n) is 5.16. The number of rotatable bonds is 6. The molecule has 0 spiro atoms. The Labute approximate surface area is 161 Å². The van der Waals surface area contributed by atoms with E-state index in [1.807, 2.05) is 18.2 Å². The summed E-state index contributed by atoms with van der Waals surface area (Å²) in [5.41, 5.74) is 1.01. The van der Waals surface area contributed by atoms with Crippen LogP contribution in [0.15, 0.2) is 63.5 Å². The third-order valence-corrected chi connectivity index (χ3v) is 3.77. The first-order valence-corrected chi connectivity index (χ1v) is 8.43. The number of benzene rings is 2. The molecule has 0 unspecified atom stereocenters. The smallest absolute Gasteiger partial charge is 0.387 e. The molecule has 0 aliphatic heterocycles. The van der Waals surface area contributed by atoms with Gasteiger partial charge in [-0.05, 0) is 36.4 Å². The molecule has 3 rings (SSSR count). The summed E-state index contributed by atoms with van der Waals surface area (Å²) >= 11 is 3.24. The van der Waals surface area contributed by atoms with Crippen LogP contribution in [0.2, 0.25) is 0 Å². The molecule has 6 nitrogen and oxygen atoms in total. The number of amides is 1. The van der Waals surface area contributed by atoms with Gasteiger partial charge in [0.1, 0.15) is 5.75 Å². The standard InChI is InChI=1S/C18H12BrF2N3O3/c19-13-7-8-14(26-17(20)21)12(10-13)6-9-15(25)22-18-24-23-16(27-18)11-4-2-1-3-5-11/h1-10,17H,(H,22,24,25)/b9-6+. The molecule has 0 saturated carbocycles. The van der Waals surface area contributed by atoms with Gasteiger partial charge in [0.05, 0.1) is 0 Å². The van der Waals surface area contributed by atoms with Gasteiger partial charge in [-0.25, -0.2) is 0 Å².